The fraction of sp³-hybridized carbons (Fsp3) is 0.611. The van der Waals surface area contributed by atoms with Crippen molar-refractivity contribution in [3.05, 3.63) is 29.3 Å². The normalized spacial score (nSPS) is 17.0. The Hall–Kier alpha value is -1.55. The Labute approximate surface area is 133 Å². The standard InChI is InChI=1S/C18H27NO3/c1-4-22-17-6-5-13(2)11-16(17)14(3)19-18(20)12-15-7-9-21-10-8-15/h5-6,11,14-15H,4,7-10,12H2,1-3H3,(H,19,20). The second kappa shape index (κ2) is 8.18. The van der Waals surface area contributed by atoms with E-state index in [1.54, 1.807) is 0 Å². The lowest BCUT2D eigenvalue weighted by Crippen LogP contribution is -2.30. The molecule has 22 heavy (non-hydrogen) atoms. The first-order chi connectivity index (χ1) is 10.6. The number of hydrogen-bond acceptors (Lipinski definition) is 3. The lowest BCUT2D eigenvalue weighted by atomic mass is 9.96. The van der Waals surface area contributed by atoms with E-state index in [-0.39, 0.29) is 11.9 Å². The highest BCUT2D eigenvalue weighted by Gasteiger charge is 2.20. The van der Waals surface area contributed by atoms with Crippen LogP contribution in [0.5, 0.6) is 5.75 Å². The van der Waals surface area contributed by atoms with Crippen LogP contribution in [0.3, 0.4) is 0 Å². The maximum Gasteiger partial charge on any atom is 0.220 e. The summed E-state index contributed by atoms with van der Waals surface area (Å²) in [7, 11) is 0. The number of benzene rings is 1. The van der Waals surface area contributed by atoms with Crippen LogP contribution in [0.2, 0.25) is 0 Å². The molecule has 122 valence electrons. The molecule has 1 amide bonds. The summed E-state index contributed by atoms with van der Waals surface area (Å²) in [4.78, 5) is 12.3. The molecule has 1 N–H and O–H groups in total. The van der Waals surface area contributed by atoms with Gasteiger partial charge in [-0.2, -0.15) is 0 Å². The predicted octanol–water partition coefficient (Wildman–Crippen LogP) is 3.39. The second-order valence-corrected chi connectivity index (χ2v) is 6.02. The molecular weight excluding hydrogens is 278 g/mol. The van der Waals surface area contributed by atoms with Crippen LogP contribution in [0.4, 0.5) is 0 Å². The molecule has 1 heterocycles. The van der Waals surface area contributed by atoms with Crippen LogP contribution in [0.25, 0.3) is 0 Å². The molecule has 0 saturated carbocycles. The number of ether oxygens (including phenoxy) is 2. The van der Waals surface area contributed by atoms with E-state index in [9.17, 15) is 4.79 Å². The number of aryl methyl sites for hydroxylation is 1. The van der Waals surface area contributed by atoms with Crippen molar-refractivity contribution in [1.82, 2.24) is 5.32 Å². The first-order valence-corrected chi connectivity index (χ1v) is 8.20. The van der Waals surface area contributed by atoms with Crippen LogP contribution >= 0.6 is 0 Å². The molecule has 0 aromatic heterocycles. The largest absolute Gasteiger partial charge is 0.494 e. The summed E-state index contributed by atoms with van der Waals surface area (Å²) in [6, 6.07) is 6.05. The molecule has 1 aromatic rings. The third kappa shape index (κ3) is 4.73. The van der Waals surface area contributed by atoms with Gasteiger partial charge in [-0.3, -0.25) is 4.79 Å². The van der Waals surface area contributed by atoms with E-state index in [4.69, 9.17) is 9.47 Å². The smallest absolute Gasteiger partial charge is 0.220 e. The average Bonchev–Trinajstić information content (AvgIpc) is 2.50. The number of amides is 1. The number of carbonyl (C=O) groups is 1. The molecular formula is C18H27NO3. The molecule has 1 saturated heterocycles. The molecule has 1 aromatic carbocycles. The molecule has 4 nitrogen and oxygen atoms in total. The highest BCUT2D eigenvalue weighted by atomic mass is 16.5. The molecule has 1 atom stereocenters. The monoisotopic (exact) mass is 305 g/mol. The van der Waals surface area contributed by atoms with Crippen LogP contribution in [-0.2, 0) is 9.53 Å². The van der Waals surface area contributed by atoms with Gasteiger partial charge in [-0.25, -0.2) is 0 Å². The van der Waals surface area contributed by atoms with E-state index in [0.29, 0.717) is 18.9 Å². The maximum atomic E-state index is 12.3. The topological polar surface area (TPSA) is 47.6 Å². The van der Waals surface area contributed by atoms with Gasteiger partial charge in [0, 0.05) is 25.2 Å². The average molecular weight is 305 g/mol. The summed E-state index contributed by atoms with van der Waals surface area (Å²) >= 11 is 0. The number of carbonyl (C=O) groups excluding carboxylic acids is 1. The van der Waals surface area contributed by atoms with Crippen molar-refractivity contribution in [3.8, 4) is 5.75 Å². The molecule has 1 unspecified atom stereocenters. The lowest BCUT2D eigenvalue weighted by Gasteiger charge is -2.23. The SMILES string of the molecule is CCOc1ccc(C)cc1C(C)NC(=O)CC1CCOCC1. The highest BCUT2D eigenvalue weighted by Crippen LogP contribution is 2.27. The highest BCUT2D eigenvalue weighted by molar-refractivity contribution is 5.76. The number of hydrogen-bond donors (Lipinski definition) is 1. The molecule has 1 aliphatic heterocycles. The molecule has 0 spiro atoms. The van der Waals surface area contributed by atoms with Gasteiger partial charge >= 0.3 is 0 Å². The van der Waals surface area contributed by atoms with Crippen molar-refractivity contribution in [1.29, 1.82) is 0 Å². The Morgan fingerprint density at radius 1 is 1.41 bits per heavy atom. The van der Waals surface area contributed by atoms with Crippen LogP contribution in [0.1, 0.15) is 50.3 Å². The van der Waals surface area contributed by atoms with Crippen molar-refractivity contribution in [2.24, 2.45) is 5.92 Å². The summed E-state index contributed by atoms with van der Waals surface area (Å²) in [5.74, 6) is 1.42. The van der Waals surface area contributed by atoms with Gasteiger partial charge in [0.2, 0.25) is 5.91 Å². The second-order valence-electron chi connectivity index (χ2n) is 6.02. The van der Waals surface area contributed by atoms with E-state index in [1.807, 2.05) is 26.0 Å². The quantitative estimate of drug-likeness (QED) is 0.876. The van der Waals surface area contributed by atoms with Crippen LogP contribution < -0.4 is 10.1 Å². The van der Waals surface area contributed by atoms with E-state index >= 15 is 0 Å². The lowest BCUT2D eigenvalue weighted by molar-refractivity contribution is -0.123. The summed E-state index contributed by atoms with van der Waals surface area (Å²) in [6.45, 7) is 8.21. The first-order valence-electron chi connectivity index (χ1n) is 8.20. The molecule has 1 aliphatic rings. The molecule has 0 aliphatic carbocycles. The first kappa shape index (κ1) is 16.8. The Morgan fingerprint density at radius 2 is 2.14 bits per heavy atom. The fourth-order valence-electron chi connectivity index (χ4n) is 2.88. The van der Waals surface area contributed by atoms with Crippen LogP contribution in [0.15, 0.2) is 18.2 Å². The molecule has 1 fully saturated rings. The summed E-state index contributed by atoms with van der Waals surface area (Å²) in [5.41, 5.74) is 2.21. The van der Waals surface area contributed by atoms with Gasteiger partial charge in [-0.15, -0.1) is 0 Å². The molecule has 4 heteroatoms. The van der Waals surface area contributed by atoms with Gasteiger partial charge in [0.05, 0.1) is 12.6 Å². The Morgan fingerprint density at radius 3 is 2.82 bits per heavy atom. The zero-order valence-electron chi connectivity index (χ0n) is 13.9. The third-order valence-electron chi connectivity index (χ3n) is 4.12. The van der Waals surface area contributed by atoms with Gasteiger partial charge < -0.3 is 14.8 Å². The number of nitrogens with one attached hydrogen (secondary N) is 1. The minimum Gasteiger partial charge on any atom is -0.494 e. The Bertz CT molecular complexity index is 495. The third-order valence-corrected chi connectivity index (χ3v) is 4.12. The van der Waals surface area contributed by atoms with E-state index < -0.39 is 0 Å². The van der Waals surface area contributed by atoms with Crippen molar-refractivity contribution < 1.29 is 14.3 Å². The van der Waals surface area contributed by atoms with Gasteiger partial charge in [0.15, 0.2) is 0 Å². The van der Waals surface area contributed by atoms with Crippen molar-refractivity contribution in [2.45, 2.75) is 46.1 Å². The minimum absolute atomic E-state index is 0.0474. The van der Waals surface area contributed by atoms with Crippen molar-refractivity contribution >= 4 is 5.91 Å². The summed E-state index contributed by atoms with van der Waals surface area (Å²) in [6.07, 6.45) is 2.55. The van der Waals surface area contributed by atoms with E-state index in [2.05, 4.69) is 18.3 Å². The zero-order valence-corrected chi connectivity index (χ0v) is 13.9. The molecule has 0 bridgehead atoms. The van der Waals surface area contributed by atoms with Crippen molar-refractivity contribution in [2.75, 3.05) is 19.8 Å². The van der Waals surface area contributed by atoms with Gasteiger partial charge in [0.1, 0.15) is 5.75 Å². The van der Waals surface area contributed by atoms with Crippen LogP contribution in [0, 0.1) is 12.8 Å². The van der Waals surface area contributed by atoms with Crippen molar-refractivity contribution in [3.63, 3.8) is 0 Å². The summed E-state index contributed by atoms with van der Waals surface area (Å²) < 4.78 is 11.0. The van der Waals surface area contributed by atoms with Gasteiger partial charge in [0.25, 0.3) is 0 Å². The molecule has 0 radical (unpaired) electrons. The Kier molecular flexibility index (Phi) is 6.25. The Balaban J connectivity index is 1.97. The van der Waals surface area contributed by atoms with E-state index in [1.165, 1.54) is 5.56 Å². The predicted molar refractivity (Wildman–Crippen MR) is 87.1 cm³/mol. The van der Waals surface area contributed by atoms with Gasteiger partial charge in [-0.1, -0.05) is 17.7 Å². The fourth-order valence-corrected chi connectivity index (χ4v) is 2.88. The van der Waals surface area contributed by atoms with E-state index in [0.717, 1.165) is 37.4 Å². The van der Waals surface area contributed by atoms with Gasteiger partial charge in [-0.05, 0) is 45.6 Å². The van der Waals surface area contributed by atoms with Crippen LogP contribution in [-0.4, -0.2) is 25.7 Å². The minimum atomic E-state index is -0.0474. The zero-order chi connectivity index (χ0) is 15.9. The number of rotatable bonds is 6. The molecule has 2 rings (SSSR count). The maximum absolute atomic E-state index is 12.3. The summed E-state index contributed by atoms with van der Waals surface area (Å²) in [5, 5.41) is 3.11.